The van der Waals surface area contributed by atoms with Gasteiger partial charge in [0.05, 0.1) is 9.73 Å². The second kappa shape index (κ2) is 2.86. The van der Waals surface area contributed by atoms with E-state index >= 15 is 0 Å². The van der Waals surface area contributed by atoms with E-state index in [0.717, 1.165) is 17.9 Å². The highest BCUT2D eigenvalue weighted by atomic mass is 32.2. The molecule has 1 aliphatic heterocycles. The van der Waals surface area contributed by atoms with Crippen molar-refractivity contribution in [3.8, 4) is 0 Å². The summed E-state index contributed by atoms with van der Waals surface area (Å²) in [4.78, 5) is 4.00. The highest BCUT2D eigenvalue weighted by Gasteiger charge is 2.19. The first-order valence-electron chi connectivity index (χ1n) is 3.92. The van der Waals surface area contributed by atoms with Crippen molar-refractivity contribution in [1.29, 1.82) is 0 Å². The Labute approximate surface area is 72.0 Å². The Morgan fingerprint density at radius 1 is 1.42 bits per heavy atom. The SMILES string of the molecule is O=S1(=Nc2ccccn2)CCC1. The van der Waals surface area contributed by atoms with Gasteiger partial charge >= 0.3 is 0 Å². The highest BCUT2D eigenvalue weighted by Crippen LogP contribution is 2.18. The van der Waals surface area contributed by atoms with Gasteiger partial charge in [-0.1, -0.05) is 6.07 Å². The van der Waals surface area contributed by atoms with Gasteiger partial charge in [0.15, 0.2) is 5.82 Å². The molecular formula is C8H10N2OS. The molecule has 0 aliphatic carbocycles. The summed E-state index contributed by atoms with van der Waals surface area (Å²) in [5.74, 6) is 2.08. The maximum atomic E-state index is 11.6. The molecule has 1 aromatic rings. The topological polar surface area (TPSA) is 42.3 Å². The van der Waals surface area contributed by atoms with Crippen molar-refractivity contribution in [3.05, 3.63) is 24.4 Å². The average Bonchev–Trinajstić information content (AvgIpc) is 2.04. The van der Waals surface area contributed by atoms with Crippen molar-refractivity contribution >= 4 is 15.5 Å². The van der Waals surface area contributed by atoms with E-state index in [-0.39, 0.29) is 0 Å². The van der Waals surface area contributed by atoms with Crippen LogP contribution in [0.5, 0.6) is 0 Å². The Balaban J connectivity index is 2.35. The molecule has 0 spiro atoms. The van der Waals surface area contributed by atoms with Crippen LogP contribution >= 0.6 is 0 Å². The van der Waals surface area contributed by atoms with E-state index in [2.05, 4.69) is 9.35 Å². The fourth-order valence-electron chi connectivity index (χ4n) is 1.06. The van der Waals surface area contributed by atoms with Gasteiger partial charge in [-0.2, -0.15) is 4.36 Å². The molecule has 4 heteroatoms. The van der Waals surface area contributed by atoms with E-state index in [1.807, 2.05) is 12.1 Å². The summed E-state index contributed by atoms with van der Waals surface area (Å²) in [6, 6.07) is 5.46. The standard InChI is InChI=1S/C8H10N2OS/c11-12(6-3-7-12)10-8-4-1-2-5-9-8/h1-2,4-5H,3,6-7H2. The zero-order chi connectivity index (χ0) is 8.44. The number of pyridine rings is 1. The van der Waals surface area contributed by atoms with Crippen LogP contribution in [0.25, 0.3) is 0 Å². The number of rotatable bonds is 1. The number of hydrogen-bond donors (Lipinski definition) is 0. The smallest absolute Gasteiger partial charge is 0.161 e. The Hall–Kier alpha value is -0.900. The van der Waals surface area contributed by atoms with Crippen molar-refractivity contribution < 1.29 is 4.21 Å². The third-order valence-corrected chi connectivity index (χ3v) is 4.21. The van der Waals surface area contributed by atoms with Crippen molar-refractivity contribution in [1.82, 2.24) is 4.98 Å². The molecular weight excluding hydrogens is 172 g/mol. The zero-order valence-corrected chi connectivity index (χ0v) is 7.46. The minimum absolute atomic E-state index is 0.599. The van der Waals surface area contributed by atoms with Crippen molar-refractivity contribution in [2.75, 3.05) is 11.5 Å². The van der Waals surface area contributed by atoms with Crippen LogP contribution in [0.4, 0.5) is 5.82 Å². The summed E-state index contributed by atoms with van der Waals surface area (Å²) in [6.45, 7) is 0. The molecule has 1 aliphatic rings. The van der Waals surface area contributed by atoms with Crippen LogP contribution < -0.4 is 0 Å². The first-order chi connectivity index (χ1) is 5.79. The molecule has 0 saturated carbocycles. The summed E-state index contributed by atoms with van der Waals surface area (Å²) in [6.07, 6.45) is 2.70. The Morgan fingerprint density at radius 2 is 2.25 bits per heavy atom. The first kappa shape index (κ1) is 7.73. The summed E-state index contributed by atoms with van der Waals surface area (Å²) >= 11 is 0. The van der Waals surface area contributed by atoms with Gasteiger partial charge in [-0.05, 0) is 18.6 Å². The fourth-order valence-corrected chi connectivity index (χ4v) is 2.47. The van der Waals surface area contributed by atoms with Gasteiger partial charge in [-0.3, -0.25) is 0 Å². The summed E-state index contributed by atoms with van der Waals surface area (Å²) < 4.78 is 15.7. The number of hydrogen-bond acceptors (Lipinski definition) is 3. The molecule has 0 bridgehead atoms. The Morgan fingerprint density at radius 3 is 2.75 bits per heavy atom. The molecule has 0 aromatic carbocycles. The molecule has 1 aromatic heterocycles. The van der Waals surface area contributed by atoms with Crippen molar-refractivity contribution in [3.63, 3.8) is 0 Å². The van der Waals surface area contributed by atoms with Crippen LogP contribution in [-0.4, -0.2) is 20.7 Å². The maximum absolute atomic E-state index is 11.6. The van der Waals surface area contributed by atoms with Gasteiger partial charge in [0.1, 0.15) is 0 Å². The molecule has 64 valence electrons. The first-order valence-corrected chi connectivity index (χ1v) is 5.77. The molecule has 0 amide bonds. The third kappa shape index (κ3) is 1.48. The van der Waals surface area contributed by atoms with Crippen molar-refractivity contribution in [2.24, 2.45) is 4.36 Å². The monoisotopic (exact) mass is 182 g/mol. The van der Waals surface area contributed by atoms with Gasteiger partial charge in [-0.15, -0.1) is 0 Å². The van der Waals surface area contributed by atoms with Gasteiger partial charge in [0, 0.05) is 17.7 Å². The fraction of sp³-hybridized carbons (Fsp3) is 0.375. The van der Waals surface area contributed by atoms with Gasteiger partial charge in [0.25, 0.3) is 0 Å². The van der Waals surface area contributed by atoms with Crippen LogP contribution in [-0.2, 0) is 9.73 Å². The average molecular weight is 182 g/mol. The third-order valence-electron chi connectivity index (χ3n) is 1.84. The summed E-state index contributed by atoms with van der Waals surface area (Å²) in [5.41, 5.74) is 0. The number of nitrogens with zero attached hydrogens (tertiary/aromatic N) is 2. The summed E-state index contributed by atoms with van der Waals surface area (Å²) in [5, 5.41) is 0. The second-order valence-electron chi connectivity index (χ2n) is 2.81. The van der Waals surface area contributed by atoms with Gasteiger partial charge in [-0.25, -0.2) is 9.19 Å². The lowest BCUT2D eigenvalue weighted by Crippen LogP contribution is -2.23. The second-order valence-corrected chi connectivity index (χ2v) is 5.36. The predicted octanol–water partition coefficient (Wildman–Crippen LogP) is 1.58. The lowest BCUT2D eigenvalue weighted by molar-refractivity contribution is 0.663. The molecule has 0 N–H and O–H groups in total. The quantitative estimate of drug-likeness (QED) is 0.661. The molecule has 1 fully saturated rings. The molecule has 1 saturated heterocycles. The van der Waals surface area contributed by atoms with Gasteiger partial charge in [0.2, 0.25) is 0 Å². The Kier molecular flexibility index (Phi) is 1.84. The van der Waals surface area contributed by atoms with Gasteiger partial charge < -0.3 is 0 Å². The normalized spacial score (nSPS) is 19.7. The van der Waals surface area contributed by atoms with Crippen LogP contribution in [0.15, 0.2) is 28.8 Å². The van der Waals surface area contributed by atoms with Crippen LogP contribution in [0.3, 0.4) is 0 Å². The van der Waals surface area contributed by atoms with E-state index < -0.39 is 9.73 Å². The van der Waals surface area contributed by atoms with E-state index in [0.29, 0.717) is 5.82 Å². The lowest BCUT2D eigenvalue weighted by atomic mass is 10.5. The van der Waals surface area contributed by atoms with Crippen LogP contribution in [0.2, 0.25) is 0 Å². The molecule has 12 heavy (non-hydrogen) atoms. The van der Waals surface area contributed by atoms with Crippen LogP contribution in [0.1, 0.15) is 6.42 Å². The van der Waals surface area contributed by atoms with E-state index in [1.54, 1.807) is 12.3 Å². The number of aromatic nitrogens is 1. The molecule has 0 radical (unpaired) electrons. The molecule has 2 heterocycles. The molecule has 3 nitrogen and oxygen atoms in total. The summed E-state index contributed by atoms with van der Waals surface area (Å²) in [7, 11) is -1.88. The lowest BCUT2D eigenvalue weighted by Gasteiger charge is -2.17. The molecule has 0 unspecified atom stereocenters. The van der Waals surface area contributed by atoms with E-state index in [4.69, 9.17) is 0 Å². The Bertz CT molecular complexity index is 369. The minimum Gasteiger partial charge on any atom is -0.249 e. The minimum atomic E-state index is -1.88. The van der Waals surface area contributed by atoms with Crippen LogP contribution in [0, 0.1) is 0 Å². The molecule has 0 atom stereocenters. The predicted molar refractivity (Wildman–Crippen MR) is 48.8 cm³/mol. The van der Waals surface area contributed by atoms with E-state index in [1.165, 1.54) is 0 Å². The van der Waals surface area contributed by atoms with E-state index in [9.17, 15) is 4.21 Å². The zero-order valence-electron chi connectivity index (χ0n) is 6.64. The van der Waals surface area contributed by atoms with Crippen molar-refractivity contribution in [2.45, 2.75) is 6.42 Å². The largest absolute Gasteiger partial charge is 0.249 e. The molecule has 2 rings (SSSR count). The highest BCUT2D eigenvalue weighted by molar-refractivity contribution is 7.95. The maximum Gasteiger partial charge on any atom is 0.161 e.